The second-order valence-electron chi connectivity index (χ2n) is 3.90. The second kappa shape index (κ2) is 4.04. The molecule has 0 amide bonds. The van der Waals surface area contributed by atoms with Gasteiger partial charge in [-0.05, 0) is 25.3 Å². The number of methoxy groups -OCH3 is 1. The van der Waals surface area contributed by atoms with Crippen molar-refractivity contribution in [3.8, 4) is 0 Å². The third-order valence-corrected chi connectivity index (χ3v) is 2.90. The summed E-state index contributed by atoms with van der Waals surface area (Å²) in [5.41, 5.74) is 0.528. The van der Waals surface area contributed by atoms with E-state index < -0.39 is 6.17 Å². The standard InChI is InChI=1S/C11H14FNO2/c1-15-11(14)8-4-5-13(7-8)10-3-2-9(12)6-10/h4-5,7,9-10H,2-3,6H2,1H3. The van der Waals surface area contributed by atoms with Gasteiger partial charge in [0.05, 0.1) is 12.7 Å². The predicted molar refractivity (Wildman–Crippen MR) is 53.6 cm³/mol. The van der Waals surface area contributed by atoms with Gasteiger partial charge in [-0.15, -0.1) is 0 Å². The summed E-state index contributed by atoms with van der Waals surface area (Å²) < 4.78 is 19.5. The SMILES string of the molecule is COC(=O)c1ccn(C2CCC(F)C2)c1. The molecule has 1 aromatic heterocycles. The molecule has 1 aliphatic rings. The Hall–Kier alpha value is -1.32. The van der Waals surface area contributed by atoms with Crippen molar-refractivity contribution < 1.29 is 13.9 Å². The highest BCUT2D eigenvalue weighted by molar-refractivity contribution is 5.89. The summed E-state index contributed by atoms with van der Waals surface area (Å²) in [6.45, 7) is 0. The number of aromatic nitrogens is 1. The molecule has 0 N–H and O–H groups in total. The predicted octanol–water partition coefficient (Wildman–Crippen LogP) is 2.34. The van der Waals surface area contributed by atoms with E-state index in [9.17, 15) is 9.18 Å². The van der Waals surface area contributed by atoms with Gasteiger partial charge in [0, 0.05) is 18.4 Å². The van der Waals surface area contributed by atoms with Gasteiger partial charge in [-0.25, -0.2) is 9.18 Å². The van der Waals surface area contributed by atoms with Crippen molar-refractivity contribution in [3.63, 3.8) is 0 Å². The van der Waals surface area contributed by atoms with E-state index in [2.05, 4.69) is 4.74 Å². The number of hydrogen-bond acceptors (Lipinski definition) is 2. The molecule has 0 saturated heterocycles. The maximum Gasteiger partial charge on any atom is 0.339 e. The van der Waals surface area contributed by atoms with Crippen molar-refractivity contribution in [1.82, 2.24) is 4.57 Å². The summed E-state index contributed by atoms with van der Waals surface area (Å²) in [5.74, 6) is -0.344. The van der Waals surface area contributed by atoms with E-state index in [0.717, 1.165) is 6.42 Å². The molecule has 2 atom stereocenters. The van der Waals surface area contributed by atoms with Gasteiger partial charge in [0.2, 0.25) is 0 Å². The zero-order chi connectivity index (χ0) is 10.8. The highest BCUT2D eigenvalue weighted by Crippen LogP contribution is 2.32. The van der Waals surface area contributed by atoms with Crippen molar-refractivity contribution in [2.24, 2.45) is 0 Å². The van der Waals surface area contributed by atoms with Gasteiger partial charge in [0.1, 0.15) is 6.17 Å². The zero-order valence-electron chi connectivity index (χ0n) is 8.65. The van der Waals surface area contributed by atoms with E-state index in [1.807, 2.05) is 10.8 Å². The number of ether oxygens (including phenoxy) is 1. The molecular formula is C11H14FNO2. The van der Waals surface area contributed by atoms with Crippen LogP contribution in [0.1, 0.15) is 35.7 Å². The molecule has 4 heteroatoms. The van der Waals surface area contributed by atoms with Crippen LogP contribution in [0.25, 0.3) is 0 Å². The number of carbonyl (C=O) groups is 1. The number of nitrogens with zero attached hydrogens (tertiary/aromatic N) is 1. The van der Waals surface area contributed by atoms with Gasteiger partial charge in [0.15, 0.2) is 0 Å². The fourth-order valence-electron chi connectivity index (χ4n) is 2.05. The normalized spacial score (nSPS) is 25.5. The van der Waals surface area contributed by atoms with Crippen LogP contribution in [0.15, 0.2) is 18.5 Å². The van der Waals surface area contributed by atoms with Crippen LogP contribution in [-0.2, 0) is 4.74 Å². The van der Waals surface area contributed by atoms with Crippen molar-refractivity contribution in [2.45, 2.75) is 31.5 Å². The van der Waals surface area contributed by atoms with Gasteiger partial charge in [-0.3, -0.25) is 0 Å². The molecule has 15 heavy (non-hydrogen) atoms. The first-order chi connectivity index (χ1) is 7.20. The van der Waals surface area contributed by atoms with Crippen molar-refractivity contribution in [1.29, 1.82) is 0 Å². The molecule has 82 valence electrons. The van der Waals surface area contributed by atoms with Gasteiger partial charge < -0.3 is 9.30 Å². The van der Waals surface area contributed by atoms with E-state index in [-0.39, 0.29) is 12.0 Å². The quantitative estimate of drug-likeness (QED) is 0.703. The average molecular weight is 211 g/mol. The molecule has 2 unspecified atom stereocenters. The minimum absolute atomic E-state index is 0.193. The maximum absolute atomic E-state index is 13.0. The molecule has 0 spiro atoms. The highest BCUT2D eigenvalue weighted by Gasteiger charge is 2.25. The lowest BCUT2D eigenvalue weighted by Gasteiger charge is -2.10. The van der Waals surface area contributed by atoms with E-state index in [1.165, 1.54) is 7.11 Å². The van der Waals surface area contributed by atoms with Crippen molar-refractivity contribution in [2.75, 3.05) is 7.11 Å². The van der Waals surface area contributed by atoms with Gasteiger partial charge in [0.25, 0.3) is 0 Å². The van der Waals surface area contributed by atoms with Crippen LogP contribution in [0, 0.1) is 0 Å². The van der Waals surface area contributed by atoms with Crippen LogP contribution in [0.5, 0.6) is 0 Å². The van der Waals surface area contributed by atoms with E-state index >= 15 is 0 Å². The summed E-state index contributed by atoms with van der Waals surface area (Å²) in [7, 11) is 1.35. The number of halogens is 1. The van der Waals surface area contributed by atoms with Crippen molar-refractivity contribution >= 4 is 5.97 Å². The number of carbonyl (C=O) groups excluding carboxylic acids is 1. The smallest absolute Gasteiger partial charge is 0.339 e. The van der Waals surface area contributed by atoms with Crippen LogP contribution >= 0.6 is 0 Å². The highest BCUT2D eigenvalue weighted by atomic mass is 19.1. The summed E-state index contributed by atoms with van der Waals surface area (Å²) in [4.78, 5) is 11.2. The molecule has 3 nitrogen and oxygen atoms in total. The fourth-order valence-corrected chi connectivity index (χ4v) is 2.05. The maximum atomic E-state index is 13.0. The molecule has 1 heterocycles. The topological polar surface area (TPSA) is 31.2 Å². The monoisotopic (exact) mass is 211 g/mol. The minimum Gasteiger partial charge on any atom is -0.465 e. The van der Waals surface area contributed by atoms with Crippen molar-refractivity contribution in [3.05, 3.63) is 24.0 Å². The molecule has 1 aromatic rings. The Labute approximate surface area is 87.8 Å². The number of alkyl halides is 1. The van der Waals surface area contributed by atoms with Crippen LogP contribution in [0.3, 0.4) is 0 Å². The third kappa shape index (κ3) is 2.03. The lowest BCUT2D eigenvalue weighted by atomic mass is 10.2. The van der Waals surface area contributed by atoms with Crippen LogP contribution in [0.2, 0.25) is 0 Å². The Morgan fingerprint density at radius 2 is 2.40 bits per heavy atom. The lowest BCUT2D eigenvalue weighted by Crippen LogP contribution is -2.04. The summed E-state index contributed by atoms with van der Waals surface area (Å²) in [6.07, 6.45) is 4.87. The fraction of sp³-hybridized carbons (Fsp3) is 0.545. The molecule has 0 radical (unpaired) electrons. The van der Waals surface area contributed by atoms with Crippen LogP contribution < -0.4 is 0 Å². The van der Waals surface area contributed by atoms with E-state index in [0.29, 0.717) is 18.4 Å². The Kier molecular flexibility index (Phi) is 2.75. The Balaban J connectivity index is 2.10. The first kappa shape index (κ1) is 10.2. The third-order valence-electron chi connectivity index (χ3n) is 2.90. The zero-order valence-corrected chi connectivity index (χ0v) is 8.65. The molecule has 2 rings (SSSR count). The molecule has 0 aromatic carbocycles. The molecule has 1 aliphatic carbocycles. The molecule has 0 aliphatic heterocycles. The second-order valence-corrected chi connectivity index (χ2v) is 3.90. The van der Waals surface area contributed by atoms with Gasteiger partial charge >= 0.3 is 5.97 Å². The number of esters is 1. The summed E-state index contributed by atoms with van der Waals surface area (Å²) in [5, 5.41) is 0. The number of rotatable bonds is 2. The average Bonchev–Trinajstić information content (AvgIpc) is 2.84. The Morgan fingerprint density at radius 1 is 1.60 bits per heavy atom. The largest absolute Gasteiger partial charge is 0.465 e. The van der Waals surface area contributed by atoms with Crippen LogP contribution in [-0.4, -0.2) is 23.8 Å². The van der Waals surface area contributed by atoms with Crippen LogP contribution in [0.4, 0.5) is 4.39 Å². The lowest BCUT2D eigenvalue weighted by molar-refractivity contribution is 0.0600. The van der Waals surface area contributed by atoms with Gasteiger partial charge in [-0.1, -0.05) is 0 Å². The first-order valence-corrected chi connectivity index (χ1v) is 5.10. The minimum atomic E-state index is -0.695. The first-order valence-electron chi connectivity index (χ1n) is 5.10. The molecule has 1 fully saturated rings. The Morgan fingerprint density at radius 3 is 3.00 bits per heavy atom. The molecular weight excluding hydrogens is 197 g/mol. The molecule has 1 saturated carbocycles. The summed E-state index contributed by atoms with van der Waals surface area (Å²) >= 11 is 0. The molecule has 0 bridgehead atoms. The number of hydrogen-bond donors (Lipinski definition) is 0. The van der Waals surface area contributed by atoms with Gasteiger partial charge in [-0.2, -0.15) is 0 Å². The summed E-state index contributed by atoms with van der Waals surface area (Å²) in [6, 6.07) is 1.90. The van der Waals surface area contributed by atoms with E-state index in [1.54, 1.807) is 12.3 Å². The Bertz CT molecular complexity index is 361. The van der Waals surface area contributed by atoms with E-state index in [4.69, 9.17) is 0 Å².